The molecule has 7 heterocycles. The Labute approximate surface area is 255 Å². The Morgan fingerprint density at radius 1 is 1.12 bits per heavy atom. The van der Waals surface area contributed by atoms with Crippen molar-refractivity contribution in [1.82, 2.24) is 29.7 Å². The lowest BCUT2D eigenvalue weighted by Crippen LogP contribution is -2.52. The topological polar surface area (TPSA) is 95.6 Å². The van der Waals surface area contributed by atoms with Gasteiger partial charge in [-0.05, 0) is 25.5 Å². The van der Waals surface area contributed by atoms with Gasteiger partial charge in [-0.15, -0.1) is 23.1 Å². The molecule has 1 aromatic carbocycles. The molecule has 3 fully saturated rings. The summed E-state index contributed by atoms with van der Waals surface area (Å²) in [5.41, 5.74) is 8.78. The quantitative estimate of drug-likeness (QED) is 0.337. The number of aromatic nitrogens is 3. The molecule has 0 radical (unpaired) electrons. The van der Waals surface area contributed by atoms with Crippen molar-refractivity contribution < 1.29 is 0 Å². The maximum atomic E-state index is 14.1. The van der Waals surface area contributed by atoms with E-state index in [4.69, 9.17) is 22.3 Å². The van der Waals surface area contributed by atoms with Crippen LogP contribution in [0.15, 0.2) is 21.1 Å². The standard InChI is InChI=1S/C28H33ClN8OS3/c1-2-34-5-7-35(8-6-34)12-17-13-39-25-21(24-22-20(14-40-24)41-27(30)32-22)19(29)9-18-23(25)37(17)28(38)33-26(18)36-10-15-3-4-16(11-36)31-15/h9,14-17,31H,2-8,10-13H2,1H3,(H2,30,32)/t15?,16?,17-/m0/s1. The molecule has 9 nitrogen and oxygen atoms in total. The Morgan fingerprint density at radius 3 is 2.63 bits per heavy atom. The van der Waals surface area contributed by atoms with E-state index in [2.05, 4.69) is 43.4 Å². The minimum Gasteiger partial charge on any atom is -0.375 e. The number of nitrogens with two attached hydrogens (primary N) is 1. The molecule has 2 unspecified atom stereocenters. The number of thioether (sulfide) groups is 1. The average Bonchev–Trinajstić information content (AvgIpc) is 3.64. The number of benzene rings is 1. The molecule has 3 saturated heterocycles. The first-order valence-electron chi connectivity index (χ1n) is 14.5. The predicted molar refractivity (Wildman–Crippen MR) is 172 cm³/mol. The summed E-state index contributed by atoms with van der Waals surface area (Å²) in [5, 5.41) is 8.03. The average molecular weight is 629 g/mol. The van der Waals surface area contributed by atoms with Crippen LogP contribution in [0, 0.1) is 0 Å². The fraction of sp³-hybridized carbons (Fsp3) is 0.536. The van der Waals surface area contributed by atoms with Crippen molar-refractivity contribution in [2.24, 2.45) is 0 Å². The third-order valence-electron chi connectivity index (χ3n) is 9.17. The summed E-state index contributed by atoms with van der Waals surface area (Å²) in [6.07, 6.45) is 2.33. The first-order chi connectivity index (χ1) is 20.0. The number of thiophene rings is 1. The molecule has 8 rings (SSSR count). The zero-order valence-corrected chi connectivity index (χ0v) is 26.1. The Morgan fingerprint density at radius 2 is 1.88 bits per heavy atom. The molecule has 41 heavy (non-hydrogen) atoms. The molecular weight excluding hydrogens is 596 g/mol. The summed E-state index contributed by atoms with van der Waals surface area (Å²) < 4.78 is 3.06. The number of hydrogen-bond acceptors (Lipinski definition) is 11. The number of fused-ring (bicyclic) bond motifs is 3. The lowest BCUT2D eigenvalue weighted by Gasteiger charge is -2.38. The van der Waals surface area contributed by atoms with E-state index < -0.39 is 0 Å². The number of nitrogens with zero attached hydrogens (tertiary/aromatic N) is 6. The minimum absolute atomic E-state index is 0.0451. The van der Waals surface area contributed by atoms with Gasteiger partial charge in [0, 0.05) is 84.9 Å². The Kier molecular flexibility index (Phi) is 6.74. The zero-order chi connectivity index (χ0) is 27.8. The second kappa shape index (κ2) is 10.4. The van der Waals surface area contributed by atoms with E-state index in [0.29, 0.717) is 22.2 Å². The molecule has 2 bridgehead atoms. The number of thiazole rings is 1. The van der Waals surface area contributed by atoms with Crippen LogP contribution in [0.5, 0.6) is 0 Å². The van der Waals surface area contributed by atoms with Crippen molar-refractivity contribution in [3.63, 3.8) is 0 Å². The van der Waals surface area contributed by atoms with Crippen LogP contribution in [0.1, 0.15) is 25.8 Å². The molecule has 216 valence electrons. The second-order valence-corrected chi connectivity index (χ2v) is 15.0. The molecule has 3 N–H and O–H groups in total. The van der Waals surface area contributed by atoms with Crippen molar-refractivity contribution in [1.29, 1.82) is 0 Å². The maximum Gasteiger partial charge on any atom is 0.350 e. The van der Waals surface area contributed by atoms with E-state index in [0.717, 1.165) is 100 Å². The molecule has 4 aliphatic rings. The van der Waals surface area contributed by atoms with Gasteiger partial charge in [0.2, 0.25) is 0 Å². The fourth-order valence-electron chi connectivity index (χ4n) is 7.14. The van der Waals surface area contributed by atoms with Gasteiger partial charge in [-0.3, -0.25) is 9.47 Å². The Bertz CT molecular complexity index is 1700. The van der Waals surface area contributed by atoms with E-state index in [1.54, 1.807) is 11.3 Å². The van der Waals surface area contributed by atoms with Crippen LogP contribution in [0.4, 0.5) is 10.9 Å². The number of piperazine rings is 2. The van der Waals surface area contributed by atoms with Crippen LogP contribution in [-0.2, 0) is 0 Å². The number of nitrogen functional groups attached to an aromatic ring is 1. The van der Waals surface area contributed by atoms with Crippen molar-refractivity contribution in [2.45, 2.75) is 42.8 Å². The highest BCUT2D eigenvalue weighted by Gasteiger charge is 2.36. The number of anilines is 2. The summed E-state index contributed by atoms with van der Waals surface area (Å²) in [5.74, 6) is 1.58. The van der Waals surface area contributed by atoms with Gasteiger partial charge in [0.25, 0.3) is 0 Å². The SMILES string of the molecule is CCN1CCN(C[C@H]2CSc3c(-c4scc5sc(N)nc45)c(Cl)cc4c(N5CC6CCC(C5)N6)nc(=O)n2c34)CC1. The van der Waals surface area contributed by atoms with Crippen LogP contribution in [-0.4, -0.2) is 94.5 Å². The molecule has 13 heteroatoms. The molecule has 3 atom stereocenters. The van der Waals surface area contributed by atoms with Crippen LogP contribution in [0.3, 0.4) is 0 Å². The summed E-state index contributed by atoms with van der Waals surface area (Å²) >= 11 is 12.2. The highest BCUT2D eigenvalue weighted by atomic mass is 35.5. The third kappa shape index (κ3) is 4.49. The maximum absolute atomic E-state index is 14.1. The van der Waals surface area contributed by atoms with Gasteiger partial charge in [-0.25, -0.2) is 9.78 Å². The van der Waals surface area contributed by atoms with Crippen LogP contribution in [0.2, 0.25) is 5.02 Å². The molecule has 0 saturated carbocycles. The summed E-state index contributed by atoms with van der Waals surface area (Å²) in [4.78, 5) is 32.9. The van der Waals surface area contributed by atoms with E-state index in [1.165, 1.54) is 24.2 Å². The van der Waals surface area contributed by atoms with Gasteiger partial charge in [0.15, 0.2) is 5.13 Å². The first kappa shape index (κ1) is 26.7. The fourth-order valence-corrected chi connectivity index (χ4v) is 10.9. The smallest absolute Gasteiger partial charge is 0.350 e. The molecule has 4 aromatic rings. The van der Waals surface area contributed by atoms with Gasteiger partial charge >= 0.3 is 5.69 Å². The first-order valence-corrected chi connectivity index (χ1v) is 17.5. The molecule has 3 aromatic heterocycles. The van der Waals surface area contributed by atoms with E-state index in [9.17, 15) is 4.79 Å². The van der Waals surface area contributed by atoms with Crippen molar-refractivity contribution in [2.75, 3.05) is 68.7 Å². The molecular formula is C28H33ClN8OS3. The van der Waals surface area contributed by atoms with Crippen molar-refractivity contribution in [3.8, 4) is 10.4 Å². The van der Waals surface area contributed by atoms with Crippen LogP contribution in [0.25, 0.3) is 31.6 Å². The van der Waals surface area contributed by atoms with E-state index in [1.807, 2.05) is 16.3 Å². The van der Waals surface area contributed by atoms with Gasteiger partial charge in [-0.2, -0.15) is 4.98 Å². The normalized spacial score (nSPS) is 25.1. The summed E-state index contributed by atoms with van der Waals surface area (Å²) in [6, 6.07) is 2.98. The van der Waals surface area contributed by atoms with Gasteiger partial charge in [0.1, 0.15) is 11.3 Å². The highest BCUT2D eigenvalue weighted by Crippen LogP contribution is 2.51. The number of rotatable bonds is 5. The third-order valence-corrected chi connectivity index (χ3v) is 12.7. The molecule has 0 spiro atoms. The predicted octanol–water partition coefficient (Wildman–Crippen LogP) is 4.20. The highest BCUT2D eigenvalue weighted by molar-refractivity contribution is 7.99. The summed E-state index contributed by atoms with van der Waals surface area (Å²) in [7, 11) is 0. The number of halogens is 1. The van der Waals surface area contributed by atoms with Gasteiger partial charge in [0.05, 0.1) is 26.2 Å². The van der Waals surface area contributed by atoms with Crippen LogP contribution >= 0.6 is 46.0 Å². The lowest BCUT2D eigenvalue weighted by atomic mass is 10.1. The number of likely N-dealkylation sites (N-methyl/N-ethyl adjacent to an activating group) is 1. The van der Waals surface area contributed by atoms with Gasteiger partial charge in [-0.1, -0.05) is 29.9 Å². The zero-order valence-electron chi connectivity index (χ0n) is 22.9. The van der Waals surface area contributed by atoms with Crippen molar-refractivity contribution >= 4 is 78.1 Å². The van der Waals surface area contributed by atoms with Crippen molar-refractivity contribution in [3.05, 3.63) is 27.0 Å². The molecule has 0 amide bonds. The lowest BCUT2D eigenvalue weighted by molar-refractivity contribution is 0.126. The van der Waals surface area contributed by atoms with E-state index >= 15 is 0 Å². The molecule has 0 aliphatic carbocycles. The Balaban J connectivity index is 1.29. The number of nitrogens with one attached hydrogen (secondary N) is 1. The Hall–Kier alpha value is -1.93. The second-order valence-electron chi connectivity index (χ2n) is 11.6. The summed E-state index contributed by atoms with van der Waals surface area (Å²) in [6.45, 7) is 10.1. The van der Waals surface area contributed by atoms with E-state index in [-0.39, 0.29) is 11.7 Å². The molecule has 4 aliphatic heterocycles. The van der Waals surface area contributed by atoms with Crippen LogP contribution < -0.4 is 21.6 Å². The number of hydrogen-bond donors (Lipinski definition) is 2. The largest absolute Gasteiger partial charge is 0.375 e. The van der Waals surface area contributed by atoms with Gasteiger partial charge < -0.3 is 20.9 Å². The monoisotopic (exact) mass is 628 g/mol. The minimum atomic E-state index is -0.153.